The molecule has 0 radical (unpaired) electrons. The Kier molecular flexibility index (Phi) is 11.9. The number of fused-ring (bicyclic) bond motifs is 1. The molecule has 4 rings (SSSR count). The highest BCUT2D eigenvalue weighted by Crippen LogP contribution is 2.45. The number of carbonyl (C=O) groups excluding carboxylic acids is 1. The van der Waals surface area contributed by atoms with Crippen LogP contribution in [0.2, 0.25) is 0 Å². The third-order valence-electron chi connectivity index (χ3n) is 9.12. The molecule has 7 heteroatoms. The van der Waals surface area contributed by atoms with E-state index in [4.69, 9.17) is 5.11 Å². The van der Waals surface area contributed by atoms with Gasteiger partial charge in [0.2, 0.25) is 5.91 Å². The summed E-state index contributed by atoms with van der Waals surface area (Å²) in [5.74, 6) is -1.10. The minimum Gasteiger partial charge on any atom is -0.481 e. The summed E-state index contributed by atoms with van der Waals surface area (Å²) in [6.45, 7) is 10.7. The van der Waals surface area contributed by atoms with Crippen LogP contribution in [0, 0.1) is 17.7 Å². The molecule has 1 amide bonds. The second-order valence-corrected chi connectivity index (χ2v) is 12.6. The highest BCUT2D eigenvalue weighted by atomic mass is 19.1. The van der Waals surface area contributed by atoms with Gasteiger partial charge in [0, 0.05) is 30.2 Å². The Bertz CT molecular complexity index is 1570. The molecule has 1 aromatic heterocycles. The van der Waals surface area contributed by atoms with Crippen LogP contribution in [0.4, 0.5) is 4.39 Å². The Morgan fingerprint density at radius 2 is 2.02 bits per heavy atom. The molecule has 4 atom stereocenters. The van der Waals surface area contributed by atoms with E-state index in [1.165, 1.54) is 16.7 Å². The van der Waals surface area contributed by atoms with E-state index in [-0.39, 0.29) is 54.8 Å². The average Bonchev–Trinajstić information content (AvgIpc) is 3.42. The van der Waals surface area contributed by atoms with E-state index in [1.807, 2.05) is 19.1 Å². The molecular formula is C38H48FN3O3. The van der Waals surface area contributed by atoms with E-state index in [9.17, 15) is 9.59 Å². The summed E-state index contributed by atoms with van der Waals surface area (Å²) in [7, 11) is 0. The minimum absolute atomic E-state index is 0.0535. The molecule has 0 aliphatic heterocycles. The highest BCUT2D eigenvalue weighted by Gasteiger charge is 2.32. The van der Waals surface area contributed by atoms with Crippen molar-refractivity contribution in [3.05, 3.63) is 100 Å². The molecule has 1 heterocycles. The number of halogens is 1. The van der Waals surface area contributed by atoms with Crippen LogP contribution in [0.5, 0.6) is 0 Å². The van der Waals surface area contributed by atoms with Crippen LogP contribution in [0.15, 0.2) is 83.0 Å². The first-order valence-electron chi connectivity index (χ1n) is 16.3. The lowest BCUT2D eigenvalue weighted by Crippen LogP contribution is -2.25. The Hall–Kier alpha value is -4.00. The molecule has 0 spiro atoms. The van der Waals surface area contributed by atoms with Crippen molar-refractivity contribution in [2.24, 2.45) is 11.8 Å². The van der Waals surface area contributed by atoms with Crippen molar-refractivity contribution in [1.82, 2.24) is 15.5 Å². The smallest absolute Gasteiger partial charge is 0.305 e. The summed E-state index contributed by atoms with van der Waals surface area (Å²) >= 11 is 0. The summed E-state index contributed by atoms with van der Waals surface area (Å²) in [4.78, 5) is 23.2. The van der Waals surface area contributed by atoms with Crippen LogP contribution in [0.1, 0.15) is 103 Å². The fourth-order valence-corrected chi connectivity index (χ4v) is 6.69. The second-order valence-electron chi connectivity index (χ2n) is 12.6. The molecule has 3 N–H and O–H groups in total. The van der Waals surface area contributed by atoms with E-state index in [0.29, 0.717) is 5.52 Å². The molecule has 240 valence electrons. The summed E-state index contributed by atoms with van der Waals surface area (Å²) in [5, 5.41) is 20.2. The standard InChI is InChI=1S/C38H48FN3O3/c1-6-8-11-31(27(7-2)10-9-12-34(43)40-20-19-35(44)45)36(28-16-13-24(3)14-17-28)38-32-22-29(23-33(39)37(32)41-42-38)30-18-15-25(4)21-26(30)5/h7,9-10,13,15-16,18,21-23,26,30-31,36H,6,8,11-12,14,17,19-20H2,1-5H3,(H,40,43)(H,41,42)(H,44,45)/b10-9-,27-7?. The van der Waals surface area contributed by atoms with E-state index in [2.05, 4.69) is 85.7 Å². The van der Waals surface area contributed by atoms with Crippen molar-refractivity contribution >= 4 is 22.8 Å². The molecule has 0 fully saturated rings. The highest BCUT2D eigenvalue weighted by molar-refractivity contribution is 5.84. The number of rotatable bonds is 14. The predicted octanol–water partition coefficient (Wildman–Crippen LogP) is 8.98. The number of hydrogen-bond donors (Lipinski definition) is 3. The summed E-state index contributed by atoms with van der Waals surface area (Å²) < 4.78 is 15.7. The van der Waals surface area contributed by atoms with Gasteiger partial charge < -0.3 is 10.4 Å². The first kappa shape index (κ1) is 33.9. The quantitative estimate of drug-likeness (QED) is 0.185. The van der Waals surface area contributed by atoms with Gasteiger partial charge in [-0.3, -0.25) is 14.7 Å². The monoisotopic (exact) mass is 613 g/mol. The number of amides is 1. The van der Waals surface area contributed by atoms with Crippen molar-refractivity contribution in [1.29, 1.82) is 0 Å². The van der Waals surface area contributed by atoms with Crippen LogP contribution in [-0.4, -0.2) is 33.7 Å². The van der Waals surface area contributed by atoms with E-state index in [0.717, 1.165) is 54.3 Å². The van der Waals surface area contributed by atoms with Gasteiger partial charge in [0.15, 0.2) is 5.82 Å². The molecule has 2 aliphatic carbocycles. The molecule has 0 bridgehead atoms. The molecular weight excluding hydrogens is 565 g/mol. The molecule has 0 saturated heterocycles. The van der Waals surface area contributed by atoms with Crippen LogP contribution in [0.25, 0.3) is 10.9 Å². The first-order valence-corrected chi connectivity index (χ1v) is 16.3. The van der Waals surface area contributed by atoms with Crippen LogP contribution in [-0.2, 0) is 9.59 Å². The summed E-state index contributed by atoms with van der Waals surface area (Å²) in [6.07, 6.45) is 21.9. The number of carboxylic acid groups (broad SMARTS) is 1. The second kappa shape index (κ2) is 15.8. The van der Waals surface area contributed by atoms with Gasteiger partial charge in [-0.1, -0.05) is 92.0 Å². The van der Waals surface area contributed by atoms with Gasteiger partial charge in [0.05, 0.1) is 12.1 Å². The fourth-order valence-electron chi connectivity index (χ4n) is 6.69. The van der Waals surface area contributed by atoms with Crippen LogP contribution in [0.3, 0.4) is 0 Å². The zero-order valence-electron chi connectivity index (χ0n) is 27.3. The fraction of sp³-hybridized carbons (Fsp3) is 0.447. The first-order chi connectivity index (χ1) is 21.6. The summed E-state index contributed by atoms with van der Waals surface area (Å²) in [5.41, 5.74) is 7.22. The molecule has 4 unspecified atom stereocenters. The molecule has 1 aromatic carbocycles. The Morgan fingerprint density at radius 1 is 1.22 bits per heavy atom. The lowest BCUT2D eigenvalue weighted by molar-refractivity contribution is -0.136. The van der Waals surface area contributed by atoms with Crippen molar-refractivity contribution < 1.29 is 19.1 Å². The average molecular weight is 614 g/mol. The number of carboxylic acids is 1. The maximum atomic E-state index is 15.7. The van der Waals surface area contributed by atoms with Crippen molar-refractivity contribution in [2.75, 3.05) is 6.54 Å². The van der Waals surface area contributed by atoms with Gasteiger partial charge in [-0.2, -0.15) is 5.10 Å². The third-order valence-corrected chi connectivity index (χ3v) is 9.12. The molecule has 2 aromatic rings. The molecule has 0 saturated carbocycles. The van der Waals surface area contributed by atoms with Gasteiger partial charge in [0.1, 0.15) is 5.52 Å². The lowest BCUT2D eigenvalue weighted by Gasteiger charge is -2.32. The van der Waals surface area contributed by atoms with E-state index in [1.54, 1.807) is 6.07 Å². The molecule has 45 heavy (non-hydrogen) atoms. The maximum Gasteiger partial charge on any atom is 0.305 e. The Morgan fingerprint density at radius 3 is 2.69 bits per heavy atom. The Balaban J connectivity index is 1.76. The van der Waals surface area contributed by atoms with Crippen molar-refractivity contribution in [2.45, 2.75) is 91.4 Å². The Labute approximate surface area is 267 Å². The minimum atomic E-state index is -0.941. The third kappa shape index (κ3) is 8.59. The number of aromatic amines is 1. The number of nitrogens with zero attached hydrogens (tertiary/aromatic N) is 1. The van der Waals surface area contributed by atoms with Crippen molar-refractivity contribution in [3.8, 4) is 0 Å². The normalized spacial score (nSPS) is 20.1. The predicted molar refractivity (Wildman–Crippen MR) is 180 cm³/mol. The van der Waals surface area contributed by atoms with Crippen LogP contribution >= 0.6 is 0 Å². The van der Waals surface area contributed by atoms with Gasteiger partial charge in [-0.25, -0.2) is 4.39 Å². The van der Waals surface area contributed by atoms with Gasteiger partial charge in [-0.15, -0.1) is 0 Å². The zero-order chi connectivity index (χ0) is 32.5. The number of unbranched alkanes of at least 4 members (excludes halogenated alkanes) is 1. The maximum absolute atomic E-state index is 15.7. The summed E-state index contributed by atoms with van der Waals surface area (Å²) in [6, 6.07) is 3.78. The number of allylic oxidation sites excluding steroid dienone is 11. The number of hydrogen-bond acceptors (Lipinski definition) is 3. The van der Waals surface area contributed by atoms with Crippen molar-refractivity contribution in [3.63, 3.8) is 0 Å². The number of aliphatic carboxylic acids is 1. The zero-order valence-corrected chi connectivity index (χ0v) is 27.3. The number of aromatic nitrogens is 2. The molecule has 2 aliphatic rings. The van der Waals surface area contributed by atoms with E-state index < -0.39 is 5.97 Å². The number of carbonyl (C=O) groups is 2. The van der Waals surface area contributed by atoms with Gasteiger partial charge in [-0.05, 0) is 75.1 Å². The molecule has 6 nitrogen and oxygen atoms in total. The van der Waals surface area contributed by atoms with Gasteiger partial charge in [0.25, 0.3) is 0 Å². The van der Waals surface area contributed by atoms with Crippen LogP contribution < -0.4 is 5.32 Å². The number of benzene rings is 1. The van der Waals surface area contributed by atoms with E-state index >= 15 is 4.39 Å². The largest absolute Gasteiger partial charge is 0.481 e. The SMILES string of the molecule is CC=C(/C=C\CC(=O)NCCC(=O)O)C(CCCC)C(C1=CC=C(C)CC1)c1[nH]nc2c(F)cc(C3C=CC(C)=CC3C)cc12. The topological polar surface area (TPSA) is 95.1 Å². The number of H-pyrrole nitrogens is 1. The van der Waals surface area contributed by atoms with Gasteiger partial charge >= 0.3 is 5.97 Å². The lowest BCUT2D eigenvalue weighted by atomic mass is 9.72. The number of nitrogens with one attached hydrogen (secondary N) is 2.